The molecule has 128 valence electrons. The second kappa shape index (κ2) is 5.81. The minimum Gasteiger partial charge on any atom is -0.365 e. The number of nitrogens with one attached hydrogen (secondary N) is 1. The number of carbonyl (C=O) groups excluding carboxylic acids is 2. The summed E-state index contributed by atoms with van der Waals surface area (Å²) in [7, 11) is 0. The van der Waals surface area contributed by atoms with Crippen LogP contribution in [0, 0.1) is 11.3 Å². The molecular formula is C15H19F3N2O2S. The number of hydrogen-bond acceptors (Lipinski definition) is 3. The largest absolute Gasteiger partial charge is 0.471 e. The SMILES string of the molecule is CC(C)(C)[C@@H]1CCc2c(sc(NC(=O)C(F)(F)F)c2C(N)=O)C1. The molecule has 0 radical (unpaired) electrons. The number of thiophene rings is 1. The molecule has 1 aliphatic carbocycles. The van der Waals surface area contributed by atoms with Gasteiger partial charge >= 0.3 is 12.1 Å². The lowest BCUT2D eigenvalue weighted by Gasteiger charge is -2.33. The van der Waals surface area contributed by atoms with Crippen LogP contribution in [0.1, 0.15) is 48.0 Å². The average molecular weight is 348 g/mol. The van der Waals surface area contributed by atoms with Crippen LogP contribution in [0.25, 0.3) is 0 Å². The zero-order valence-corrected chi connectivity index (χ0v) is 14.0. The van der Waals surface area contributed by atoms with E-state index in [2.05, 4.69) is 20.8 Å². The van der Waals surface area contributed by atoms with Gasteiger partial charge in [0.15, 0.2) is 0 Å². The molecule has 1 aliphatic rings. The Morgan fingerprint density at radius 2 is 1.87 bits per heavy atom. The normalized spacial score (nSPS) is 18.4. The number of alkyl halides is 3. The van der Waals surface area contributed by atoms with Crippen molar-refractivity contribution < 1.29 is 22.8 Å². The third-order valence-electron chi connectivity index (χ3n) is 4.22. The van der Waals surface area contributed by atoms with Gasteiger partial charge in [0, 0.05) is 4.88 Å². The maximum Gasteiger partial charge on any atom is 0.471 e. The van der Waals surface area contributed by atoms with Crippen LogP contribution in [0.2, 0.25) is 0 Å². The third kappa shape index (κ3) is 3.68. The van der Waals surface area contributed by atoms with Gasteiger partial charge in [-0.15, -0.1) is 11.3 Å². The van der Waals surface area contributed by atoms with Crippen LogP contribution in [0.3, 0.4) is 0 Å². The first-order valence-corrected chi connectivity index (χ1v) is 8.05. The van der Waals surface area contributed by atoms with Crippen LogP contribution >= 0.6 is 11.3 Å². The Hall–Kier alpha value is -1.57. The van der Waals surface area contributed by atoms with E-state index in [1.165, 1.54) is 0 Å². The lowest BCUT2D eigenvalue weighted by atomic mass is 9.72. The summed E-state index contributed by atoms with van der Waals surface area (Å²) in [6.45, 7) is 6.33. The maximum atomic E-state index is 12.4. The summed E-state index contributed by atoms with van der Waals surface area (Å²) in [4.78, 5) is 23.7. The second-order valence-electron chi connectivity index (χ2n) is 6.83. The molecule has 2 amide bonds. The highest BCUT2D eigenvalue weighted by molar-refractivity contribution is 7.17. The van der Waals surface area contributed by atoms with E-state index in [-0.39, 0.29) is 16.0 Å². The number of primary amides is 1. The number of halogens is 3. The molecule has 8 heteroatoms. The fourth-order valence-electron chi connectivity index (χ4n) is 2.85. The number of rotatable bonds is 2. The van der Waals surface area contributed by atoms with Crippen LogP contribution < -0.4 is 11.1 Å². The smallest absolute Gasteiger partial charge is 0.365 e. The van der Waals surface area contributed by atoms with Gasteiger partial charge in [0.05, 0.1) is 5.56 Å². The Balaban J connectivity index is 2.37. The Labute approximate surface area is 136 Å². The number of carbonyl (C=O) groups is 2. The molecule has 3 N–H and O–H groups in total. The number of hydrogen-bond donors (Lipinski definition) is 2. The number of fused-ring (bicyclic) bond motifs is 1. The van der Waals surface area contributed by atoms with Crippen LogP contribution in [0.5, 0.6) is 0 Å². The third-order valence-corrected chi connectivity index (χ3v) is 5.39. The standard InChI is InChI=1S/C15H19F3N2O2S/c1-14(2,3)7-4-5-8-9(6-7)23-12(10(8)11(19)21)20-13(22)15(16,17)18/h7H,4-6H2,1-3H3,(H2,19,21)(H,20,22)/t7-/m1/s1. The molecule has 2 rings (SSSR count). The van der Waals surface area contributed by atoms with Gasteiger partial charge in [0.1, 0.15) is 5.00 Å². The second-order valence-corrected chi connectivity index (χ2v) is 7.93. The first-order valence-electron chi connectivity index (χ1n) is 7.23. The Kier molecular flexibility index (Phi) is 4.49. The van der Waals surface area contributed by atoms with E-state index >= 15 is 0 Å². The molecule has 0 aromatic carbocycles. The monoisotopic (exact) mass is 348 g/mol. The summed E-state index contributed by atoms with van der Waals surface area (Å²) in [6, 6.07) is 0. The summed E-state index contributed by atoms with van der Waals surface area (Å²) in [6.07, 6.45) is -2.92. The number of amides is 2. The molecule has 0 fully saturated rings. The fourth-order valence-corrected chi connectivity index (χ4v) is 4.18. The predicted molar refractivity (Wildman–Crippen MR) is 82.5 cm³/mol. The van der Waals surface area contributed by atoms with Gasteiger partial charge in [-0.2, -0.15) is 13.2 Å². The molecular weight excluding hydrogens is 329 g/mol. The van der Waals surface area contributed by atoms with Gasteiger partial charge in [-0.25, -0.2) is 0 Å². The van der Waals surface area contributed by atoms with Gasteiger partial charge in [-0.3, -0.25) is 9.59 Å². The summed E-state index contributed by atoms with van der Waals surface area (Å²) in [5.74, 6) is -2.54. The quantitative estimate of drug-likeness (QED) is 0.859. The van der Waals surface area contributed by atoms with Gasteiger partial charge in [-0.1, -0.05) is 20.8 Å². The Morgan fingerprint density at radius 3 is 2.35 bits per heavy atom. The predicted octanol–water partition coefficient (Wildman–Crippen LogP) is 3.50. The molecule has 1 aromatic rings. The topological polar surface area (TPSA) is 72.2 Å². The summed E-state index contributed by atoms with van der Waals surface area (Å²) < 4.78 is 37.3. The average Bonchev–Trinajstić information content (AvgIpc) is 2.73. The van der Waals surface area contributed by atoms with E-state index in [0.717, 1.165) is 22.6 Å². The molecule has 1 atom stereocenters. The van der Waals surface area contributed by atoms with Crippen molar-refractivity contribution in [2.24, 2.45) is 17.1 Å². The highest BCUT2D eigenvalue weighted by atomic mass is 32.1. The van der Waals surface area contributed by atoms with Crippen molar-refractivity contribution in [3.63, 3.8) is 0 Å². The highest BCUT2D eigenvalue weighted by Gasteiger charge is 2.40. The van der Waals surface area contributed by atoms with Crippen molar-refractivity contribution in [3.05, 3.63) is 16.0 Å². The van der Waals surface area contributed by atoms with Gasteiger partial charge in [-0.05, 0) is 36.2 Å². The van der Waals surface area contributed by atoms with Crippen molar-refractivity contribution in [2.45, 2.75) is 46.2 Å². The van der Waals surface area contributed by atoms with Gasteiger partial charge < -0.3 is 11.1 Å². The van der Waals surface area contributed by atoms with Crippen LogP contribution in [-0.2, 0) is 17.6 Å². The molecule has 0 unspecified atom stereocenters. The zero-order valence-electron chi connectivity index (χ0n) is 13.1. The summed E-state index contributed by atoms with van der Waals surface area (Å²) in [5, 5.41) is 1.70. The van der Waals surface area contributed by atoms with Crippen LogP contribution in [-0.4, -0.2) is 18.0 Å². The first kappa shape index (κ1) is 17.8. The molecule has 0 saturated heterocycles. The van der Waals surface area contributed by atoms with E-state index in [1.54, 1.807) is 5.32 Å². The summed E-state index contributed by atoms with van der Waals surface area (Å²) >= 11 is 1.02. The molecule has 0 spiro atoms. The number of nitrogens with two attached hydrogens (primary N) is 1. The zero-order chi connectivity index (χ0) is 17.6. The lowest BCUT2D eigenvalue weighted by molar-refractivity contribution is -0.167. The van der Waals surface area contributed by atoms with Crippen LogP contribution in [0.15, 0.2) is 0 Å². The molecule has 1 aromatic heterocycles. The Morgan fingerprint density at radius 1 is 1.26 bits per heavy atom. The molecule has 0 aliphatic heterocycles. The molecule has 0 saturated carbocycles. The van der Waals surface area contributed by atoms with Crippen molar-refractivity contribution in [1.82, 2.24) is 0 Å². The van der Waals surface area contributed by atoms with E-state index in [9.17, 15) is 22.8 Å². The maximum absolute atomic E-state index is 12.4. The van der Waals surface area contributed by atoms with Crippen molar-refractivity contribution in [1.29, 1.82) is 0 Å². The van der Waals surface area contributed by atoms with Crippen molar-refractivity contribution in [3.8, 4) is 0 Å². The molecule has 1 heterocycles. The molecule has 23 heavy (non-hydrogen) atoms. The molecule has 0 bridgehead atoms. The fraction of sp³-hybridized carbons (Fsp3) is 0.600. The van der Waals surface area contributed by atoms with E-state index in [1.807, 2.05) is 0 Å². The first-order chi connectivity index (χ1) is 10.4. The van der Waals surface area contributed by atoms with Crippen molar-refractivity contribution >= 4 is 28.2 Å². The highest BCUT2D eigenvalue weighted by Crippen LogP contribution is 2.44. The number of anilines is 1. The summed E-state index contributed by atoms with van der Waals surface area (Å²) in [5.41, 5.74) is 6.09. The van der Waals surface area contributed by atoms with Crippen LogP contribution in [0.4, 0.5) is 18.2 Å². The van der Waals surface area contributed by atoms with E-state index in [4.69, 9.17) is 5.73 Å². The van der Waals surface area contributed by atoms with Gasteiger partial charge in [0.2, 0.25) is 0 Å². The van der Waals surface area contributed by atoms with E-state index < -0.39 is 18.0 Å². The van der Waals surface area contributed by atoms with E-state index in [0.29, 0.717) is 24.3 Å². The molecule has 4 nitrogen and oxygen atoms in total. The van der Waals surface area contributed by atoms with Crippen molar-refractivity contribution in [2.75, 3.05) is 5.32 Å². The minimum absolute atomic E-state index is 0.0231. The van der Waals surface area contributed by atoms with Gasteiger partial charge in [0.25, 0.3) is 5.91 Å². The minimum atomic E-state index is -5.01. The lowest BCUT2D eigenvalue weighted by Crippen LogP contribution is -2.30. The Bertz CT molecular complexity index is 644.